The molecule has 2 aliphatic heterocycles. The summed E-state index contributed by atoms with van der Waals surface area (Å²) in [5, 5.41) is 3.84. The van der Waals surface area contributed by atoms with Crippen molar-refractivity contribution in [3.05, 3.63) is 28.1 Å². The smallest absolute Gasteiger partial charge is 0.377 e. The van der Waals surface area contributed by atoms with E-state index in [1.807, 2.05) is 25.7 Å². The maximum atomic E-state index is 13.9. The summed E-state index contributed by atoms with van der Waals surface area (Å²) in [6.45, 7) is 6.69. The number of hydrogen-bond acceptors (Lipinski definition) is 8. The predicted octanol–water partition coefficient (Wildman–Crippen LogP) is 2.32. The maximum Gasteiger partial charge on any atom is 0.408 e. The van der Waals surface area contributed by atoms with E-state index in [1.165, 1.54) is 10.6 Å². The van der Waals surface area contributed by atoms with Crippen molar-refractivity contribution in [2.75, 3.05) is 29.6 Å². The van der Waals surface area contributed by atoms with E-state index in [4.69, 9.17) is 9.26 Å². The highest BCUT2D eigenvalue weighted by atomic mass is 19.4. The first-order chi connectivity index (χ1) is 14.6. The van der Waals surface area contributed by atoms with Crippen LogP contribution in [0.2, 0.25) is 0 Å². The van der Waals surface area contributed by atoms with E-state index in [0.29, 0.717) is 31.4 Å². The Kier molecular flexibility index (Phi) is 5.67. The number of alkyl halides is 3. The molecule has 4 heterocycles. The summed E-state index contributed by atoms with van der Waals surface area (Å²) in [4.78, 5) is 24.4. The van der Waals surface area contributed by atoms with Gasteiger partial charge in [-0.05, 0) is 13.3 Å². The Morgan fingerprint density at radius 3 is 2.68 bits per heavy atom. The molecule has 2 aromatic rings. The Morgan fingerprint density at radius 2 is 2.03 bits per heavy atom. The normalized spacial score (nSPS) is 22.2. The molecule has 2 aliphatic rings. The molecule has 12 heteroatoms. The lowest BCUT2D eigenvalue weighted by Crippen LogP contribution is -2.52. The fourth-order valence-corrected chi connectivity index (χ4v) is 3.91. The van der Waals surface area contributed by atoms with E-state index in [1.54, 1.807) is 0 Å². The van der Waals surface area contributed by atoms with E-state index in [0.717, 1.165) is 4.90 Å². The minimum absolute atomic E-state index is 0.0280. The number of fused-ring (bicyclic) bond motifs is 1. The van der Waals surface area contributed by atoms with Gasteiger partial charge in [-0.3, -0.25) is 9.36 Å². The first-order valence-electron chi connectivity index (χ1n) is 10.3. The van der Waals surface area contributed by atoms with E-state index in [2.05, 4.69) is 15.1 Å². The number of anilines is 2. The van der Waals surface area contributed by atoms with Crippen LogP contribution < -0.4 is 15.4 Å². The van der Waals surface area contributed by atoms with Crippen molar-refractivity contribution < 1.29 is 22.4 Å². The van der Waals surface area contributed by atoms with Crippen LogP contribution >= 0.6 is 0 Å². The number of aromatic nitrogens is 4. The number of ether oxygens (including phenoxy) is 1. The van der Waals surface area contributed by atoms with Crippen LogP contribution in [0, 0.1) is 0 Å². The Hall–Kier alpha value is -2.63. The molecule has 1 saturated heterocycles. The summed E-state index contributed by atoms with van der Waals surface area (Å²) in [6.07, 6.45) is -4.78. The molecule has 0 radical (unpaired) electrons. The standard InChI is InChI=1S/C19H25F3N6O3/c1-11(2)17-24-15(31-25-17)9-28-13(19(20,21)22)4-5-27-16(29)8-14(23-18(27)28)26-6-7-30-10-12(26)3/h8,11-13H,4-7,9-10H2,1-3H3. The molecule has 0 amide bonds. The largest absolute Gasteiger partial charge is 0.408 e. The molecule has 1 fully saturated rings. The molecule has 2 unspecified atom stereocenters. The molecule has 2 aromatic heterocycles. The van der Waals surface area contributed by atoms with Gasteiger partial charge in [-0.15, -0.1) is 0 Å². The zero-order valence-corrected chi connectivity index (χ0v) is 17.6. The third-order valence-electron chi connectivity index (χ3n) is 5.58. The summed E-state index contributed by atoms with van der Waals surface area (Å²) >= 11 is 0. The molecule has 4 rings (SSSR count). The zero-order valence-electron chi connectivity index (χ0n) is 17.6. The van der Waals surface area contributed by atoms with E-state index in [-0.39, 0.29) is 43.3 Å². The highest BCUT2D eigenvalue weighted by molar-refractivity contribution is 5.47. The molecule has 170 valence electrons. The van der Waals surface area contributed by atoms with Gasteiger partial charge in [-0.2, -0.15) is 23.1 Å². The Morgan fingerprint density at radius 1 is 1.26 bits per heavy atom. The Labute approximate surface area is 176 Å². The highest BCUT2D eigenvalue weighted by Crippen LogP contribution is 2.35. The molecular formula is C19H25F3N6O3. The van der Waals surface area contributed by atoms with Crippen LogP contribution in [-0.4, -0.2) is 57.7 Å². The predicted molar refractivity (Wildman–Crippen MR) is 105 cm³/mol. The van der Waals surface area contributed by atoms with Crippen LogP contribution in [0.25, 0.3) is 0 Å². The SMILES string of the molecule is CC(C)c1noc(CN2c3nc(N4CCOCC4C)cc(=O)n3CCC2C(F)(F)F)n1. The van der Waals surface area contributed by atoms with Gasteiger partial charge in [0.1, 0.15) is 18.4 Å². The average Bonchev–Trinajstić information content (AvgIpc) is 3.17. The molecule has 0 saturated carbocycles. The van der Waals surface area contributed by atoms with Gasteiger partial charge in [0.15, 0.2) is 5.82 Å². The topological polar surface area (TPSA) is 89.5 Å². The van der Waals surface area contributed by atoms with Crippen LogP contribution in [0.3, 0.4) is 0 Å². The van der Waals surface area contributed by atoms with Crippen molar-refractivity contribution in [1.82, 2.24) is 19.7 Å². The fourth-order valence-electron chi connectivity index (χ4n) is 3.91. The molecule has 0 bridgehead atoms. The average molecular weight is 442 g/mol. The summed E-state index contributed by atoms with van der Waals surface area (Å²) in [6, 6.07) is -0.490. The quantitative estimate of drug-likeness (QED) is 0.713. The van der Waals surface area contributed by atoms with E-state index in [9.17, 15) is 18.0 Å². The summed E-state index contributed by atoms with van der Waals surface area (Å²) in [7, 11) is 0. The Balaban J connectivity index is 1.76. The van der Waals surface area contributed by atoms with Gasteiger partial charge in [0.25, 0.3) is 5.56 Å². The lowest BCUT2D eigenvalue weighted by molar-refractivity contribution is -0.153. The van der Waals surface area contributed by atoms with Crippen LogP contribution in [0.15, 0.2) is 15.4 Å². The van der Waals surface area contributed by atoms with Gasteiger partial charge in [0.05, 0.1) is 19.3 Å². The minimum Gasteiger partial charge on any atom is -0.377 e. The van der Waals surface area contributed by atoms with Crippen molar-refractivity contribution in [3.8, 4) is 0 Å². The van der Waals surface area contributed by atoms with Crippen LogP contribution in [0.4, 0.5) is 24.9 Å². The lowest BCUT2D eigenvalue weighted by Gasteiger charge is -2.39. The van der Waals surface area contributed by atoms with Crippen molar-refractivity contribution in [2.45, 2.75) is 64.5 Å². The van der Waals surface area contributed by atoms with E-state index >= 15 is 0 Å². The van der Waals surface area contributed by atoms with Crippen LogP contribution in [0.5, 0.6) is 0 Å². The van der Waals surface area contributed by atoms with Gasteiger partial charge in [0, 0.05) is 25.1 Å². The molecule has 0 aliphatic carbocycles. The number of halogens is 3. The monoisotopic (exact) mass is 442 g/mol. The van der Waals surface area contributed by atoms with Gasteiger partial charge in [-0.1, -0.05) is 19.0 Å². The number of hydrogen-bond donors (Lipinski definition) is 0. The summed E-state index contributed by atoms with van der Waals surface area (Å²) in [5.74, 6) is 0.731. The number of rotatable bonds is 4. The molecular weight excluding hydrogens is 417 g/mol. The van der Waals surface area contributed by atoms with Crippen LogP contribution in [0.1, 0.15) is 44.8 Å². The summed E-state index contributed by atoms with van der Waals surface area (Å²) in [5.41, 5.74) is -0.391. The van der Waals surface area contributed by atoms with Gasteiger partial charge in [-0.25, -0.2) is 0 Å². The second-order valence-electron chi connectivity index (χ2n) is 8.20. The zero-order chi connectivity index (χ0) is 22.3. The number of nitrogens with zero attached hydrogens (tertiary/aromatic N) is 6. The first-order valence-corrected chi connectivity index (χ1v) is 10.3. The molecule has 9 nitrogen and oxygen atoms in total. The molecule has 2 atom stereocenters. The van der Waals surface area contributed by atoms with Crippen molar-refractivity contribution in [1.29, 1.82) is 0 Å². The minimum atomic E-state index is -4.51. The first kappa shape index (κ1) is 21.6. The van der Waals surface area contributed by atoms with Crippen molar-refractivity contribution in [2.24, 2.45) is 0 Å². The lowest BCUT2D eigenvalue weighted by atomic mass is 10.1. The summed E-state index contributed by atoms with van der Waals surface area (Å²) < 4.78 is 53.5. The third kappa shape index (κ3) is 4.25. The molecule has 0 spiro atoms. The van der Waals surface area contributed by atoms with Gasteiger partial charge >= 0.3 is 6.18 Å². The molecule has 0 aromatic carbocycles. The fraction of sp³-hybridized carbons (Fsp3) is 0.684. The van der Waals surface area contributed by atoms with Gasteiger partial charge < -0.3 is 19.1 Å². The molecule has 0 N–H and O–H groups in total. The second kappa shape index (κ2) is 8.13. The maximum absolute atomic E-state index is 13.9. The Bertz CT molecular complexity index is 989. The number of morpholine rings is 1. The van der Waals surface area contributed by atoms with Gasteiger partial charge in [0.2, 0.25) is 11.8 Å². The second-order valence-corrected chi connectivity index (χ2v) is 8.20. The van der Waals surface area contributed by atoms with E-state index < -0.39 is 17.8 Å². The third-order valence-corrected chi connectivity index (χ3v) is 5.58. The highest BCUT2D eigenvalue weighted by Gasteiger charge is 2.47. The molecule has 31 heavy (non-hydrogen) atoms. The van der Waals surface area contributed by atoms with Crippen LogP contribution in [-0.2, 0) is 17.8 Å². The van der Waals surface area contributed by atoms with Crippen molar-refractivity contribution in [3.63, 3.8) is 0 Å². The van der Waals surface area contributed by atoms with Crippen molar-refractivity contribution >= 4 is 11.8 Å².